The maximum atomic E-state index is 11.9. The van der Waals surface area contributed by atoms with Crippen LogP contribution in [0.25, 0.3) is 10.9 Å². The number of benzene rings is 1. The van der Waals surface area contributed by atoms with Crippen molar-refractivity contribution in [3.05, 3.63) is 48.9 Å². The number of carbonyl (C=O) groups is 1. The van der Waals surface area contributed by atoms with Crippen LogP contribution in [0.3, 0.4) is 0 Å². The molecule has 26 heavy (non-hydrogen) atoms. The molecule has 0 saturated carbocycles. The molecule has 0 N–H and O–H groups in total. The van der Waals surface area contributed by atoms with Crippen molar-refractivity contribution in [3.63, 3.8) is 0 Å². The van der Waals surface area contributed by atoms with Crippen molar-refractivity contribution in [3.8, 4) is 0 Å². The molecule has 6 heteroatoms. The lowest BCUT2D eigenvalue weighted by molar-refractivity contribution is -0.117. The van der Waals surface area contributed by atoms with Gasteiger partial charge < -0.3 is 9.80 Å². The Balaban J connectivity index is 1.37. The maximum Gasteiger partial charge on any atom is 0.227 e. The molecule has 5 rings (SSSR count). The van der Waals surface area contributed by atoms with Gasteiger partial charge in [-0.25, -0.2) is 0 Å². The highest BCUT2D eigenvalue weighted by molar-refractivity contribution is 5.95. The third kappa shape index (κ3) is 2.53. The number of hydrogen-bond acceptors (Lipinski definition) is 4. The molecule has 2 aliphatic heterocycles. The van der Waals surface area contributed by atoms with Crippen LogP contribution in [-0.2, 0) is 4.79 Å². The van der Waals surface area contributed by atoms with E-state index >= 15 is 0 Å². The second-order valence-electron chi connectivity index (χ2n) is 7.06. The molecular formula is C20H21N5O. The predicted molar refractivity (Wildman–Crippen MR) is 101 cm³/mol. The minimum Gasteiger partial charge on any atom is -0.369 e. The van der Waals surface area contributed by atoms with Crippen LogP contribution in [0.15, 0.2) is 48.9 Å². The molecule has 1 atom stereocenters. The van der Waals surface area contributed by atoms with E-state index in [0.717, 1.165) is 43.7 Å². The van der Waals surface area contributed by atoms with E-state index in [1.54, 1.807) is 0 Å². The predicted octanol–water partition coefficient (Wildman–Crippen LogP) is 3.01. The van der Waals surface area contributed by atoms with Crippen molar-refractivity contribution < 1.29 is 4.79 Å². The van der Waals surface area contributed by atoms with Gasteiger partial charge in [-0.3, -0.25) is 14.5 Å². The molecule has 4 heterocycles. The Morgan fingerprint density at radius 1 is 1.12 bits per heavy atom. The SMILES string of the molecule is O=C1CCCN1c1cnn(C2CCN(c3ccnc4ccccc34)C2)c1. The lowest BCUT2D eigenvalue weighted by atomic mass is 10.2. The van der Waals surface area contributed by atoms with E-state index in [4.69, 9.17) is 0 Å². The van der Waals surface area contributed by atoms with E-state index in [1.807, 2.05) is 34.2 Å². The van der Waals surface area contributed by atoms with Crippen LogP contribution < -0.4 is 9.80 Å². The smallest absolute Gasteiger partial charge is 0.227 e. The Morgan fingerprint density at radius 3 is 2.92 bits per heavy atom. The summed E-state index contributed by atoms with van der Waals surface area (Å²) in [5.74, 6) is 0.209. The molecule has 0 aliphatic carbocycles. The fourth-order valence-corrected chi connectivity index (χ4v) is 4.12. The summed E-state index contributed by atoms with van der Waals surface area (Å²) in [5, 5.41) is 5.75. The average molecular weight is 347 g/mol. The third-order valence-electron chi connectivity index (χ3n) is 5.48. The zero-order valence-corrected chi connectivity index (χ0v) is 14.6. The fourth-order valence-electron chi connectivity index (χ4n) is 4.12. The van der Waals surface area contributed by atoms with Gasteiger partial charge in [0.25, 0.3) is 0 Å². The average Bonchev–Trinajstić information content (AvgIpc) is 3.41. The standard InChI is InChI=1S/C20H21N5O/c26-20-6-3-10-24(20)16-12-22-25(14-16)15-8-11-23(13-15)19-7-9-21-18-5-2-1-4-17(18)19/h1-2,4-5,7,9,12,14-15H,3,6,8,10-11,13H2. The topological polar surface area (TPSA) is 54.3 Å². The zero-order valence-electron chi connectivity index (χ0n) is 14.6. The van der Waals surface area contributed by atoms with E-state index in [1.165, 1.54) is 11.1 Å². The number of carbonyl (C=O) groups excluding carboxylic acids is 1. The highest BCUT2D eigenvalue weighted by atomic mass is 16.2. The van der Waals surface area contributed by atoms with E-state index in [9.17, 15) is 4.79 Å². The minimum atomic E-state index is 0.209. The number of aromatic nitrogens is 3. The first-order chi connectivity index (χ1) is 12.8. The number of pyridine rings is 1. The first-order valence-electron chi connectivity index (χ1n) is 9.23. The molecule has 2 aliphatic rings. The summed E-state index contributed by atoms with van der Waals surface area (Å²) < 4.78 is 2.03. The van der Waals surface area contributed by atoms with Gasteiger partial charge in [-0.2, -0.15) is 5.10 Å². The van der Waals surface area contributed by atoms with Crippen LogP contribution in [0.1, 0.15) is 25.3 Å². The van der Waals surface area contributed by atoms with Gasteiger partial charge in [0, 0.05) is 49.5 Å². The maximum absolute atomic E-state index is 11.9. The first-order valence-corrected chi connectivity index (χ1v) is 9.23. The molecule has 6 nitrogen and oxygen atoms in total. The molecule has 3 aromatic rings. The van der Waals surface area contributed by atoms with Crippen molar-refractivity contribution in [2.45, 2.75) is 25.3 Å². The molecule has 132 valence electrons. The van der Waals surface area contributed by atoms with Gasteiger partial charge in [-0.1, -0.05) is 18.2 Å². The van der Waals surface area contributed by atoms with Gasteiger partial charge >= 0.3 is 0 Å². The normalized spacial score (nSPS) is 20.5. The van der Waals surface area contributed by atoms with Crippen LogP contribution in [0.5, 0.6) is 0 Å². The summed E-state index contributed by atoms with van der Waals surface area (Å²) in [6.07, 6.45) is 8.38. The van der Waals surface area contributed by atoms with Crippen LogP contribution >= 0.6 is 0 Å². The molecule has 1 amide bonds. The quantitative estimate of drug-likeness (QED) is 0.731. The van der Waals surface area contributed by atoms with Gasteiger partial charge in [-0.15, -0.1) is 0 Å². The van der Waals surface area contributed by atoms with Gasteiger partial charge in [0.05, 0.1) is 23.4 Å². The monoisotopic (exact) mass is 347 g/mol. The van der Waals surface area contributed by atoms with Gasteiger partial charge in [0.1, 0.15) is 0 Å². The molecule has 2 fully saturated rings. The molecular weight excluding hydrogens is 326 g/mol. The van der Waals surface area contributed by atoms with Crippen molar-refractivity contribution in [1.82, 2.24) is 14.8 Å². The highest BCUT2D eigenvalue weighted by Gasteiger charge is 2.28. The van der Waals surface area contributed by atoms with Gasteiger partial charge in [-0.05, 0) is 25.0 Å². The lowest BCUT2D eigenvalue weighted by Crippen LogP contribution is -2.23. The van der Waals surface area contributed by atoms with Crippen LogP contribution in [0.2, 0.25) is 0 Å². The Bertz CT molecular complexity index is 960. The number of anilines is 2. The van der Waals surface area contributed by atoms with Crippen LogP contribution in [0.4, 0.5) is 11.4 Å². The molecule has 0 bridgehead atoms. The Kier molecular flexibility index (Phi) is 3.62. The van der Waals surface area contributed by atoms with Crippen molar-refractivity contribution >= 4 is 28.2 Å². The Labute approximate surface area is 152 Å². The van der Waals surface area contributed by atoms with E-state index in [2.05, 4.69) is 39.2 Å². The summed E-state index contributed by atoms with van der Waals surface area (Å²) in [7, 11) is 0. The summed E-state index contributed by atoms with van der Waals surface area (Å²) in [6, 6.07) is 10.7. The zero-order chi connectivity index (χ0) is 17.5. The van der Waals surface area contributed by atoms with E-state index in [-0.39, 0.29) is 5.91 Å². The largest absolute Gasteiger partial charge is 0.369 e. The summed E-state index contributed by atoms with van der Waals surface area (Å²) >= 11 is 0. The molecule has 2 aromatic heterocycles. The number of amides is 1. The Hall–Kier alpha value is -2.89. The van der Waals surface area contributed by atoms with Crippen LogP contribution in [0, 0.1) is 0 Å². The summed E-state index contributed by atoms with van der Waals surface area (Å²) in [5.41, 5.74) is 3.20. The van der Waals surface area contributed by atoms with E-state index in [0.29, 0.717) is 12.5 Å². The molecule has 1 aromatic carbocycles. The lowest BCUT2D eigenvalue weighted by Gasteiger charge is -2.20. The highest BCUT2D eigenvalue weighted by Crippen LogP contribution is 2.32. The second kappa shape index (κ2) is 6.12. The van der Waals surface area contributed by atoms with Crippen LogP contribution in [-0.4, -0.2) is 40.3 Å². The summed E-state index contributed by atoms with van der Waals surface area (Å²) in [6.45, 7) is 2.73. The number of nitrogens with zero attached hydrogens (tertiary/aromatic N) is 5. The molecule has 2 saturated heterocycles. The van der Waals surface area contributed by atoms with Gasteiger partial charge in [0.2, 0.25) is 5.91 Å². The van der Waals surface area contributed by atoms with E-state index < -0.39 is 0 Å². The first kappa shape index (κ1) is 15.4. The number of para-hydroxylation sites is 1. The minimum absolute atomic E-state index is 0.209. The molecule has 0 spiro atoms. The number of hydrogen-bond donors (Lipinski definition) is 0. The molecule has 0 radical (unpaired) electrons. The fraction of sp³-hybridized carbons (Fsp3) is 0.350. The van der Waals surface area contributed by atoms with Crippen molar-refractivity contribution in [2.24, 2.45) is 0 Å². The number of fused-ring (bicyclic) bond motifs is 1. The second-order valence-corrected chi connectivity index (χ2v) is 7.06. The Morgan fingerprint density at radius 2 is 2.04 bits per heavy atom. The number of rotatable bonds is 3. The van der Waals surface area contributed by atoms with Gasteiger partial charge in [0.15, 0.2) is 0 Å². The van der Waals surface area contributed by atoms with Crippen molar-refractivity contribution in [2.75, 3.05) is 29.4 Å². The summed E-state index contributed by atoms with van der Waals surface area (Å²) in [4.78, 5) is 20.7. The third-order valence-corrected chi connectivity index (χ3v) is 5.48. The van der Waals surface area contributed by atoms with Crippen molar-refractivity contribution in [1.29, 1.82) is 0 Å². The molecule has 1 unspecified atom stereocenters.